The maximum absolute atomic E-state index is 12.6. The molecule has 106 valence electrons. The van der Waals surface area contributed by atoms with Gasteiger partial charge in [0.05, 0.1) is 16.3 Å². The lowest BCUT2D eigenvalue weighted by Crippen LogP contribution is -2.35. The number of carbonyl (C=O) groups excluding carboxylic acids is 1. The summed E-state index contributed by atoms with van der Waals surface area (Å²) in [5, 5.41) is 10.8. The Morgan fingerprint density at radius 3 is 2.95 bits per heavy atom. The number of benzene rings is 1. The van der Waals surface area contributed by atoms with Gasteiger partial charge in [-0.05, 0) is 31.0 Å². The van der Waals surface area contributed by atoms with Gasteiger partial charge in [0.15, 0.2) is 0 Å². The summed E-state index contributed by atoms with van der Waals surface area (Å²) in [6, 6.07) is 9.46. The maximum atomic E-state index is 12.6. The van der Waals surface area contributed by atoms with Crippen molar-refractivity contribution in [1.82, 2.24) is 4.98 Å². The van der Waals surface area contributed by atoms with Crippen LogP contribution in [0.4, 0.5) is 11.4 Å². The van der Waals surface area contributed by atoms with E-state index in [1.165, 1.54) is 18.2 Å². The number of carbonyl (C=O) groups is 1. The largest absolute Gasteiger partial charge is 0.307 e. The number of amides is 1. The van der Waals surface area contributed by atoms with E-state index in [-0.39, 0.29) is 11.6 Å². The van der Waals surface area contributed by atoms with E-state index in [9.17, 15) is 14.9 Å². The van der Waals surface area contributed by atoms with Crippen molar-refractivity contribution < 1.29 is 9.72 Å². The van der Waals surface area contributed by atoms with E-state index in [1.54, 1.807) is 23.2 Å². The molecule has 0 aliphatic carbocycles. The van der Waals surface area contributed by atoms with Gasteiger partial charge in [-0.3, -0.25) is 19.9 Å². The number of rotatable bonds is 2. The van der Waals surface area contributed by atoms with Crippen molar-refractivity contribution in [1.29, 1.82) is 0 Å². The maximum Gasteiger partial charge on any atom is 0.270 e. The van der Waals surface area contributed by atoms with Crippen molar-refractivity contribution in [2.45, 2.75) is 12.8 Å². The second-order valence-electron chi connectivity index (χ2n) is 4.84. The van der Waals surface area contributed by atoms with E-state index in [0.717, 1.165) is 24.2 Å². The van der Waals surface area contributed by atoms with Crippen LogP contribution in [0.3, 0.4) is 0 Å². The zero-order valence-corrected chi connectivity index (χ0v) is 11.2. The number of nitro benzene ring substituents is 1. The molecule has 0 fully saturated rings. The number of nitrogens with zero attached hydrogens (tertiary/aromatic N) is 3. The number of anilines is 1. The molecule has 6 nitrogen and oxygen atoms in total. The van der Waals surface area contributed by atoms with Crippen molar-refractivity contribution in [3.8, 4) is 0 Å². The highest BCUT2D eigenvalue weighted by atomic mass is 16.6. The monoisotopic (exact) mass is 283 g/mol. The number of non-ortho nitro benzene ring substituents is 1. The van der Waals surface area contributed by atoms with Crippen LogP contribution in [-0.2, 0) is 6.42 Å². The fraction of sp³-hybridized carbons (Fsp3) is 0.200. The first-order chi connectivity index (χ1) is 10.2. The van der Waals surface area contributed by atoms with Crippen LogP contribution in [0, 0.1) is 10.1 Å². The van der Waals surface area contributed by atoms with E-state index >= 15 is 0 Å². The van der Waals surface area contributed by atoms with Crippen LogP contribution in [0.5, 0.6) is 0 Å². The predicted molar refractivity (Wildman–Crippen MR) is 77.3 cm³/mol. The molecule has 0 radical (unpaired) electrons. The Kier molecular flexibility index (Phi) is 3.35. The molecule has 1 aliphatic rings. The Morgan fingerprint density at radius 2 is 2.14 bits per heavy atom. The molecule has 0 N–H and O–H groups in total. The molecule has 1 aromatic heterocycles. The molecule has 3 rings (SSSR count). The SMILES string of the molecule is O=C(c1cccc([N+](=O)[O-])c1)N1CCCc2ncccc21. The Balaban J connectivity index is 1.96. The molecule has 0 spiro atoms. The molecule has 0 atom stereocenters. The molecule has 21 heavy (non-hydrogen) atoms. The number of aromatic nitrogens is 1. The van der Waals surface area contributed by atoms with Crippen LogP contribution in [0.1, 0.15) is 22.5 Å². The van der Waals surface area contributed by atoms with Crippen molar-refractivity contribution in [3.63, 3.8) is 0 Å². The number of hydrogen-bond donors (Lipinski definition) is 0. The summed E-state index contributed by atoms with van der Waals surface area (Å²) in [4.78, 5) is 28.9. The highest BCUT2D eigenvalue weighted by molar-refractivity contribution is 6.06. The normalized spacial score (nSPS) is 13.6. The second kappa shape index (κ2) is 5.32. The van der Waals surface area contributed by atoms with Gasteiger partial charge >= 0.3 is 0 Å². The smallest absolute Gasteiger partial charge is 0.270 e. The Hall–Kier alpha value is -2.76. The van der Waals surface area contributed by atoms with Crippen molar-refractivity contribution in [3.05, 3.63) is 64.0 Å². The average Bonchev–Trinajstić information content (AvgIpc) is 2.53. The minimum Gasteiger partial charge on any atom is -0.307 e. The van der Waals surface area contributed by atoms with Crippen LogP contribution >= 0.6 is 0 Å². The number of pyridine rings is 1. The standard InChI is InChI=1S/C15H13N3O3/c19-15(11-4-1-5-12(10-11)18(20)21)17-9-3-6-13-14(17)7-2-8-16-13/h1-2,4-5,7-8,10H,3,6,9H2. The van der Waals surface area contributed by atoms with Gasteiger partial charge in [-0.1, -0.05) is 6.07 Å². The van der Waals surface area contributed by atoms with E-state index in [4.69, 9.17) is 0 Å². The lowest BCUT2D eigenvalue weighted by atomic mass is 10.1. The van der Waals surface area contributed by atoms with E-state index in [1.807, 2.05) is 6.07 Å². The first kappa shape index (κ1) is 13.2. The number of nitro groups is 1. The number of aryl methyl sites for hydroxylation is 1. The van der Waals surface area contributed by atoms with Crippen LogP contribution in [0.15, 0.2) is 42.6 Å². The van der Waals surface area contributed by atoms with Crippen LogP contribution in [0.2, 0.25) is 0 Å². The average molecular weight is 283 g/mol. The van der Waals surface area contributed by atoms with E-state index in [2.05, 4.69) is 4.98 Å². The Bertz CT molecular complexity index is 715. The van der Waals surface area contributed by atoms with Gasteiger partial charge in [-0.15, -0.1) is 0 Å². The third-order valence-corrected chi connectivity index (χ3v) is 3.50. The summed E-state index contributed by atoms with van der Waals surface area (Å²) in [6.45, 7) is 0.597. The number of hydrogen-bond acceptors (Lipinski definition) is 4. The summed E-state index contributed by atoms with van der Waals surface area (Å²) in [6.07, 6.45) is 3.39. The molecule has 0 unspecified atom stereocenters. The minimum absolute atomic E-state index is 0.0794. The van der Waals surface area contributed by atoms with Crippen LogP contribution in [-0.4, -0.2) is 22.4 Å². The second-order valence-corrected chi connectivity index (χ2v) is 4.84. The highest BCUT2D eigenvalue weighted by Gasteiger charge is 2.24. The lowest BCUT2D eigenvalue weighted by molar-refractivity contribution is -0.384. The molecule has 2 heterocycles. The van der Waals surface area contributed by atoms with Gasteiger partial charge in [-0.2, -0.15) is 0 Å². The van der Waals surface area contributed by atoms with Crippen molar-refractivity contribution in [2.75, 3.05) is 11.4 Å². The lowest BCUT2D eigenvalue weighted by Gasteiger charge is -2.28. The molecular weight excluding hydrogens is 270 g/mol. The zero-order valence-electron chi connectivity index (χ0n) is 11.2. The van der Waals surface area contributed by atoms with Gasteiger partial charge < -0.3 is 4.90 Å². The molecular formula is C15H13N3O3. The van der Waals surface area contributed by atoms with Gasteiger partial charge in [0.25, 0.3) is 11.6 Å². The Morgan fingerprint density at radius 1 is 1.29 bits per heavy atom. The summed E-state index contributed by atoms with van der Waals surface area (Å²) < 4.78 is 0. The van der Waals surface area contributed by atoms with Crippen molar-refractivity contribution >= 4 is 17.3 Å². The van der Waals surface area contributed by atoms with Crippen LogP contribution < -0.4 is 4.90 Å². The molecule has 1 amide bonds. The van der Waals surface area contributed by atoms with Gasteiger partial charge in [0.1, 0.15) is 0 Å². The van der Waals surface area contributed by atoms with E-state index < -0.39 is 4.92 Å². The summed E-state index contributed by atoms with van der Waals surface area (Å²) in [7, 11) is 0. The van der Waals surface area contributed by atoms with E-state index in [0.29, 0.717) is 12.1 Å². The Labute approximate surface area is 121 Å². The molecule has 0 saturated heterocycles. The topological polar surface area (TPSA) is 76.3 Å². The molecule has 2 aromatic rings. The molecule has 0 saturated carbocycles. The van der Waals surface area contributed by atoms with Crippen LogP contribution in [0.25, 0.3) is 0 Å². The fourth-order valence-corrected chi connectivity index (χ4v) is 2.51. The summed E-state index contributed by atoms with van der Waals surface area (Å²) in [5.74, 6) is -0.229. The third-order valence-electron chi connectivity index (χ3n) is 3.50. The zero-order chi connectivity index (χ0) is 14.8. The summed E-state index contributed by atoms with van der Waals surface area (Å²) in [5.41, 5.74) is 1.92. The fourth-order valence-electron chi connectivity index (χ4n) is 2.51. The minimum atomic E-state index is -0.498. The third kappa shape index (κ3) is 2.47. The van der Waals surface area contributed by atoms with Gasteiger partial charge in [-0.25, -0.2) is 0 Å². The molecule has 1 aromatic carbocycles. The van der Waals surface area contributed by atoms with Gasteiger partial charge in [0.2, 0.25) is 0 Å². The quantitative estimate of drug-likeness (QED) is 0.627. The number of fused-ring (bicyclic) bond motifs is 1. The highest BCUT2D eigenvalue weighted by Crippen LogP contribution is 2.27. The first-order valence-electron chi connectivity index (χ1n) is 6.67. The van der Waals surface area contributed by atoms with Crippen molar-refractivity contribution in [2.24, 2.45) is 0 Å². The first-order valence-corrected chi connectivity index (χ1v) is 6.67. The summed E-state index contributed by atoms with van der Waals surface area (Å²) >= 11 is 0. The molecule has 6 heteroatoms. The predicted octanol–water partition coefficient (Wildman–Crippen LogP) is 2.58. The van der Waals surface area contributed by atoms with Gasteiger partial charge in [0, 0.05) is 30.4 Å². The molecule has 1 aliphatic heterocycles. The molecule has 0 bridgehead atoms.